The molecular formula is C18H19N3O3S2. The number of aromatic amines is 1. The number of ketones is 1. The molecule has 0 unspecified atom stereocenters. The highest BCUT2D eigenvalue weighted by molar-refractivity contribution is 8.00. The Morgan fingerprint density at radius 3 is 2.54 bits per heavy atom. The molecule has 26 heavy (non-hydrogen) atoms. The Morgan fingerprint density at radius 2 is 1.88 bits per heavy atom. The number of hydrogen-bond acceptors (Lipinski definition) is 5. The van der Waals surface area contributed by atoms with Gasteiger partial charge in [-0.25, -0.2) is 13.4 Å². The van der Waals surface area contributed by atoms with Crippen LogP contribution in [0, 0.1) is 6.92 Å². The van der Waals surface area contributed by atoms with E-state index in [-0.39, 0.29) is 11.0 Å². The maximum atomic E-state index is 12.6. The Kier molecular flexibility index (Phi) is 5.06. The third-order valence-electron chi connectivity index (χ3n) is 3.75. The lowest BCUT2D eigenvalue weighted by Gasteiger charge is -2.09. The van der Waals surface area contributed by atoms with Crippen molar-refractivity contribution < 1.29 is 13.2 Å². The molecule has 6 nitrogen and oxygen atoms in total. The van der Waals surface area contributed by atoms with Crippen LogP contribution in [0.2, 0.25) is 0 Å². The van der Waals surface area contributed by atoms with E-state index in [0.717, 1.165) is 22.9 Å². The van der Waals surface area contributed by atoms with E-state index in [1.807, 2.05) is 32.0 Å². The number of H-pyrrole nitrogens is 1. The first-order valence-electron chi connectivity index (χ1n) is 7.96. The molecule has 0 aliphatic heterocycles. The summed E-state index contributed by atoms with van der Waals surface area (Å²) in [6.45, 7) is 3.84. The van der Waals surface area contributed by atoms with Gasteiger partial charge >= 0.3 is 0 Å². The first-order chi connectivity index (χ1) is 12.2. The van der Waals surface area contributed by atoms with Gasteiger partial charge in [0.15, 0.2) is 10.9 Å². The van der Waals surface area contributed by atoms with E-state index in [9.17, 15) is 13.2 Å². The van der Waals surface area contributed by atoms with Gasteiger partial charge in [0, 0.05) is 11.3 Å². The van der Waals surface area contributed by atoms with Crippen molar-refractivity contribution in [3.8, 4) is 0 Å². The van der Waals surface area contributed by atoms with Crippen molar-refractivity contribution in [2.75, 3.05) is 11.0 Å². The summed E-state index contributed by atoms with van der Waals surface area (Å²) in [6.07, 6.45) is 1.08. The molecule has 8 heteroatoms. The molecule has 0 saturated heterocycles. The number of carbonyl (C=O) groups excluding carboxylic acids is 1. The first kappa shape index (κ1) is 18.5. The number of rotatable bonds is 6. The van der Waals surface area contributed by atoms with E-state index < -0.39 is 10.0 Å². The molecule has 1 atom stereocenters. The summed E-state index contributed by atoms with van der Waals surface area (Å²) >= 11 is 1.36. The molecule has 1 heterocycles. The number of imidazole rings is 1. The molecule has 136 valence electrons. The number of nitrogens with one attached hydrogen (secondary N) is 2. The van der Waals surface area contributed by atoms with Crippen LogP contribution in [0.1, 0.15) is 22.8 Å². The average molecular weight is 390 g/mol. The molecular weight excluding hydrogens is 370 g/mol. The second kappa shape index (κ2) is 7.13. The van der Waals surface area contributed by atoms with Gasteiger partial charge in [-0.15, -0.1) is 0 Å². The lowest BCUT2D eigenvalue weighted by atomic mass is 10.1. The minimum absolute atomic E-state index is 0.0439. The number of aromatic nitrogens is 2. The SMILES string of the molecule is Cc1ccc2nc(S[C@H](C)C(=O)c3ccc(NS(C)(=O)=O)cc3)[nH]c2c1. The summed E-state index contributed by atoms with van der Waals surface area (Å²) < 4.78 is 24.8. The van der Waals surface area contributed by atoms with Crippen LogP contribution in [0.3, 0.4) is 0 Å². The Morgan fingerprint density at radius 1 is 1.19 bits per heavy atom. The smallest absolute Gasteiger partial charge is 0.229 e. The summed E-state index contributed by atoms with van der Waals surface area (Å²) in [4.78, 5) is 20.3. The maximum absolute atomic E-state index is 12.6. The molecule has 3 rings (SSSR count). The fraction of sp³-hybridized carbons (Fsp3) is 0.222. The van der Waals surface area contributed by atoms with Crippen molar-refractivity contribution in [2.24, 2.45) is 0 Å². The zero-order valence-corrected chi connectivity index (χ0v) is 16.2. The minimum atomic E-state index is -3.33. The van der Waals surface area contributed by atoms with Crippen LogP contribution in [0.15, 0.2) is 47.6 Å². The van der Waals surface area contributed by atoms with Gasteiger partial charge in [-0.2, -0.15) is 0 Å². The summed E-state index contributed by atoms with van der Waals surface area (Å²) in [6, 6.07) is 12.4. The van der Waals surface area contributed by atoms with Crippen LogP contribution in [0.25, 0.3) is 11.0 Å². The molecule has 2 N–H and O–H groups in total. The van der Waals surface area contributed by atoms with Gasteiger partial charge in [0.05, 0.1) is 22.5 Å². The topological polar surface area (TPSA) is 91.9 Å². The molecule has 0 aliphatic rings. The van der Waals surface area contributed by atoms with Gasteiger partial charge < -0.3 is 4.98 Å². The number of Topliss-reactive ketones (excluding diaryl/α,β-unsaturated/α-hetero) is 1. The number of sulfonamides is 1. The molecule has 3 aromatic rings. The second-order valence-corrected chi connectivity index (χ2v) is 9.22. The van der Waals surface area contributed by atoms with Crippen molar-refractivity contribution in [1.82, 2.24) is 9.97 Å². The highest BCUT2D eigenvalue weighted by Crippen LogP contribution is 2.26. The van der Waals surface area contributed by atoms with Crippen molar-refractivity contribution in [3.63, 3.8) is 0 Å². The highest BCUT2D eigenvalue weighted by Gasteiger charge is 2.18. The van der Waals surface area contributed by atoms with Crippen LogP contribution in [-0.2, 0) is 10.0 Å². The number of benzene rings is 2. The van der Waals surface area contributed by atoms with E-state index in [4.69, 9.17) is 0 Å². The summed E-state index contributed by atoms with van der Waals surface area (Å²) in [7, 11) is -3.33. The normalized spacial score (nSPS) is 12.9. The number of aryl methyl sites for hydroxylation is 1. The Balaban J connectivity index is 1.72. The van der Waals surface area contributed by atoms with Crippen LogP contribution >= 0.6 is 11.8 Å². The maximum Gasteiger partial charge on any atom is 0.229 e. The highest BCUT2D eigenvalue weighted by atomic mass is 32.2. The summed E-state index contributed by atoms with van der Waals surface area (Å²) in [5.41, 5.74) is 3.91. The van der Waals surface area contributed by atoms with Gasteiger partial charge in [-0.3, -0.25) is 9.52 Å². The minimum Gasteiger partial charge on any atom is -0.333 e. The lowest BCUT2D eigenvalue weighted by molar-refractivity contribution is 0.0994. The molecule has 1 aromatic heterocycles. The fourth-order valence-electron chi connectivity index (χ4n) is 2.53. The third kappa shape index (κ3) is 4.44. The van der Waals surface area contributed by atoms with Gasteiger partial charge in [-0.05, 0) is 55.8 Å². The van der Waals surface area contributed by atoms with Crippen LogP contribution in [-0.4, -0.2) is 35.7 Å². The monoisotopic (exact) mass is 389 g/mol. The summed E-state index contributed by atoms with van der Waals surface area (Å²) in [5, 5.41) is 0.368. The van der Waals surface area contributed by atoms with Gasteiger partial charge in [0.25, 0.3) is 0 Å². The van der Waals surface area contributed by atoms with Gasteiger partial charge in [0.1, 0.15) is 0 Å². The van der Waals surface area contributed by atoms with E-state index in [1.54, 1.807) is 24.3 Å². The summed E-state index contributed by atoms with van der Waals surface area (Å²) in [5.74, 6) is -0.0439. The first-order valence-corrected chi connectivity index (χ1v) is 10.7. The van der Waals surface area contributed by atoms with Crippen molar-refractivity contribution in [3.05, 3.63) is 53.6 Å². The van der Waals surface area contributed by atoms with E-state index in [2.05, 4.69) is 14.7 Å². The molecule has 0 bridgehead atoms. The standard InChI is InChI=1S/C18H19N3O3S2/c1-11-4-9-15-16(10-11)20-18(19-15)25-12(2)17(22)13-5-7-14(8-6-13)21-26(3,23)24/h4-10,12,21H,1-3H3,(H,19,20)/t12-/m1/s1. The third-order valence-corrected chi connectivity index (χ3v) is 5.34. The Bertz CT molecular complexity index is 1060. The predicted molar refractivity (Wildman–Crippen MR) is 105 cm³/mol. The number of carbonyl (C=O) groups is 1. The van der Waals surface area contributed by atoms with Crippen molar-refractivity contribution >= 4 is 44.3 Å². The van der Waals surface area contributed by atoms with Crippen LogP contribution in [0.5, 0.6) is 0 Å². The molecule has 0 spiro atoms. The van der Waals surface area contributed by atoms with Crippen molar-refractivity contribution in [2.45, 2.75) is 24.3 Å². The molecule has 0 radical (unpaired) electrons. The van der Waals surface area contributed by atoms with Crippen LogP contribution < -0.4 is 4.72 Å². The zero-order valence-electron chi connectivity index (χ0n) is 14.6. The Labute approximate surface area is 156 Å². The molecule has 0 aliphatic carbocycles. The van der Waals surface area contributed by atoms with Crippen molar-refractivity contribution in [1.29, 1.82) is 0 Å². The number of hydrogen-bond donors (Lipinski definition) is 2. The fourth-order valence-corrected chi connectivity index (χ4v) is 3.99. The number of fused-ring (bicyclic) bond motifs is 1. The number of anilines is 1. The van der Waals surface area contributed by atoms with Crippen LogP contribution in [0.4, 0.5) is 5.69 Å². The van der Waals surface area contributed by atoms with E-state index >= 15 is 0 Å². The molecule has 2 aromatic carbocycles. The quantitative estimate of drug-likeness (QED) is 0.496. The Hall–Kier alpha value is -2.32. The van der Waals surface area contributed by atoms with Gasteiger partial charge in [-0.1, -0.05) is 17.8 Å². The molecule has 0 saturated carbocycles. The largest absolute Gasteiger partial charge is 0.333 e. The average Bonchev–Trinajstić information content (AvgIpc) is 2.94. The molecule has 0 fully saturated rings. The number of nitrogens with zero attached hydrogens (tertiary/aromatic N) is 1. The van der Waals surface area contributed by atoms with E-state index in [0.29, 0.717) is 16.4 Å². The zero-order chi connectivity index (χ0) is 18.9. The second-order valence-electron chi connectivity index (χ2n) is 6.14. The van der Waals surface area contributed by atoms with Gasteiger partial charge in [0.2, 0.25) is 10.0 Å². The molecule has 0 amide bonds. The van der Waals surface area contributed by atoms with E-state index in [1.165, 1.54) is 11.8 Å². The number of thioether (sulfide) groups is 1. The predicted octanol–water partition coefficient (Wildman–Crippen LogP) is 3.61. The lowest BCUT2D eigenvalue weighted by Crippen LogP contribution is -2.14.